The van der Waals surface area contributed by atoms with Crippen molar-refractivity contribution in [3.8, 4) is 0 Å². The maximum Gasteiger partial charge on any atom is 0.404 e. The van der Waals surface area contributed by atoms with Crippen LogP contribution in [0.3, 0.4) is 0 Å². The Morgan fingerprint density at radius 2 is 1.95 bits per heavy atom. The highest BCUT2D eigenvalue weighted by Crippen LogP contribution is 2.41. The number of hydrogen-bond donors (Lipinski definition) is 3. The van der Waals surface area contributed by atoms with Crippen LogP contribution in [0.4, 0.5) is 9.93 Å². The molecule has 18 heteroatoms. The van der Waals surface area contributed by atoms with Gasteiger partial charge >= 0.3 is 12.1 Å². The third-order valence-electron chi connectivity index (χ3n) is 5.87. The van der Waals surface area contributed by atoms with Gasteiger partial charge in [0.25, 0.3) is 11.8 Å². The lowest BCUT2D eigenvalue weighted by atomic mass is 10.0. The van der Waals surface area contributed by atoms with E-state index < -0.39 is 47.9 Å². The van der Waals surface area contributed by atoms with Crippen molar-refractivity contribution in [1.82, 2.24) is 15.2 Å². The number of β-lactam (4-membered cyclic amide) rings is 1. The number of aromatic nitrogens is 1. The first kappa shape index (κ1) is 36.1. The van der Waals surface area contributed by atoms with E-state index in [9.17, 15) is 19.2 Å². The highest BCUT2D eigenvalue weighted by molar-refractivity contribution is 8.00. The molecule has 0 spiro atoms. The molecular formula is C23H34ClN5O10S2. The van der Waals surface area contributed by atoms with Crippen molar-refractivity contribution in [3.05, 3.63) is 28.4 Å². The predicted molar refractivity (Wildman–Crippen MR) is 153 cm³/mol. The fourth-order valence-electron chi connectivity index (χ4n) is 3.68. The summed E-state index contributed by atoms with van der Waals surface area (Å²) in [6, 6.07) is -0.916. The number of thiazole rings is 1. The van der Waals surface area contributed by atoms with Crippen molar-refractivity contribution in [2.45, 2.75) is 37.5 Å². The number of nitrogens with zero attached hydrogens (tertiary/aromatic N) is 2. The van der Waals surface area contributed by atoms with Crippen molar-refractivity contribution in [1.29, 1.82) is 0 Å². The molecule has 0 aromatic carbocycles. The van der Waals surface area contributed by atoms with Crippen LogP contribution in [0.2, 0.25) is 0 Å². The number of hydrogen-bond acceptors (Lipinski definition) is 13. The largest absolute Gasteiger partial charge is 0.445 e. The molecule has 3 rings (SSSR count). The van der Waals surface area contributed by atoms with Crippen LogP contribution in [0.1, 0.15) is 26.0 Å². The number of allylic oxidation sites excluding steroid dienone is 1. The molecule has 0 radical (unpaired) electrons. The minimum Gasteiger partial charge on any atom is -0.445 e. The number of nitrogens with one attached hydrogen (secondary N) is 1. The lowest BCUT2D eigenvalue weighted by Gasteiger charge is -2.49. The van der Waals surface area contributed by atoms with E-state index in [1.807, 2.05) is 6.92 Å². The highest BCUT2D eigenvalue weighted by atomic mass is 35.5. The van der Waals surface area contributed by atoms with E-state index in [0.29, 0.717) is 28.4 Å². The Morgan fingerprint density at radius 1 is 1.27 bits per heavy atom. The van der Waals surface area contributed by atoms with Crippen molar-refractivity contribution in [2.24, 2.45) is 5.73 Å². The van der Waals surface area contributed by atoms with Gasteiger partial charge in [-0.25, -0.2) is 14.6 Å². The smallest absolute Gasteiger partial charge is 0.404 e. The summed E-state index contributed by atoms with van der Waals surface area (Å²) in [6.07, 6.45) is 1.21. The summed E-state index contributed by atoms with van der Waals surface area (Å²) in [6.45, 7) is 2.68. The molecule has 2 aliphatic heterocycles. The van der Waals surface area contributed by atoms with Gasteiger partial charge in [-0.05, 0) is 13.3 Å². The zero-order chi connectivity index (χ0) is 28.7. The van der Waals surface area contributed by atoms with Gasteiger partial charge in [-0.3, -0.25) is 14.5 Å². The number of rotatable bonds is 13. The normalized spacial score (nSPS) is 18.4. The van der Waals surface area contributed by atoms with E-state index in [-0.39, 0.29) is 42.5 Å². The Morgan fingerprint density at radius 3 is 2.51 bits per heavy atom. The molecule has 0 bridgehead atoms. The number of methoxy groups -OCH3 is 2. The van der Waals surface area contributed by atoms with Gasteiger partial charge in [0.2, 0.25) is 0 Å². The molecule has 7 N–H and O–H groups in total. The summed E-state index contributed by atoms with van der Waals surface area (Å²) in [7, 11) is 2.87. The number of thioether (sulfide) groups is 1. The summed E-state index contributed by atoms with van der Waals surface area (Å²) in [5.41, 5.74) is 11.7. The number of carbonyl (C=O) groups is 4. The fourth-order valence-corrected chi connectivity index (χ4v) is 5.57. The van der Waals surface area contributed by atoms with Crippen LogP contribution in [-0.2, 0) is 38.1 Å². The number of ether oxygens (including phenoxy) is 5. The molecule has 15 nitrogen and oxygen atoms in total. The molecular weight excluding hydrogens is 606 g/mol. The number of carbonyl (C=O) groups excluding carboxylic acids is 4. The first-order valence-corrected chi connectivity index (χ1v) is 13.6. The molecule has 1 aromatic rings. The molecule has 1 saturated heterocycles. The average molecular weight is 640 g/mol. The second kappa shape index (κ2) is 15.9. The van der Waals surface area contributed by atoms with Gasteiger partial charge in [-0.1, -0.05) is 13.0 Å². The fraction of sp³-hybridized carbons (Fsp3) is 0.522. The Kier molecular flexibility index (Phi) is 14.0. The maximum atomic E-state index is 13.2. The number of primary amides is 1. The van der Waals surface area contributed by atoms with E-state index in [0.717, 1.165) is 0 Å². The third-order valence-corrected chi connectivity index (χ3v) is 7.88. The third kappa shape index (κ3) is 8.54. The summed E-state index contributed by atoms with van der Waals surface area (Å²) in [5.74, 6) is -2.74. The van der Waals surface area contributed by atoms with Crippen molar-refractivity contribution < 1.29 is 48.3 Å². The monoisotopic (exact) mass is 639 g/mol. The number of esters is 1. The number of amides is 3. The van der Waals surface area contributed by atoms with Gasteiger partial charge in [0, 0.05) is 30.9 Å². The zero-order valence-corrected chi connectivity index (χ0v) is 25.2. The molecule has 1 aromatic heterocycles. The Balaban J connectivity index is 0.00000420. The Hall–Kier alpha value is -2.93. The molecule has 0 aliphatic carbocycles. The van der Waals surface area contributed by atoms with Gasteiger partial charge in [-0.15, -0.1) is 35.5 Å². The van der Waals surface area contributed by atoms with Gasteiger partial charge in [0.05, 0.1) is 11.3 Å². The van der Waals surface area contributed by atoms with E-state index in [1.165, 1.54) is 42.2 Å². The molecule has 1 fully saturated rings. The van der Waals surface area contributed by atoms with Gasteiger partial charge < -0.3 is 45.9 Å². The van der Waals surface area contributed by atoms with E-state index in [2.05, 4.69) is 10.3 Å². The Labute approximate surface area is 250 Å². The Bertz CT molecular complexity index is 1170. The number of halogens is 1. The average Bonchev–Trinajstić information content (AvgIpc) is 3.35. The van der Waals surface area contributed by atoms with Crippen LogP contribution in [0.25, 0.3) is 5.57 Å². The SMILES string of the molecule is CC/C=C(\C(=O)N[C@@H]1C(=O)N2C(C(=O)OCOCC(C)(OC)OC)=C(COC(N)=O)CS[C@H]12)c1csc(N)n1.Cl.O. The molecule has 2 atom stereocenters. The molecule has 230 valence electrons. The maximum absolute atomic E-state index is 13.2. The lowest BCUT2D eigenvalue weighted by molar-refractivity contribution is -0.234. The summed E-state index contributed by atoms with van der Waals surface area (Å²) in [4.78, 5) is 55.9. The van der Waals surface area contributed by atoms with Crippen LogP contribution < -0.4 is 16.8 Å². The van der Waals surface area contributed by atoms with Crippen molar-refractivity contribution in [3.63, 3.8) is 0 Å². The van der Waals surface area contributed by atoms with E-state index >= 15 is 0 Å². The lowest BCUT2D eigenvalue weighted by Crippen LogP contribution is -2.70. The van der Waals surface area contributed by atoms with E-state index in [1.54, 1.807) is 18.4 Å². The molecule has 3 amide bonds. The number of fused-ring (bicyclic) bond motifs is 1. The number of nitrogen functional groups attached to an aromatic ring is 1. The molecule has 41 heavy (non-hydrogen) atoms. The zero-order valence-electron chi connectivity index (χ0n) is 22.8. The molecule has 0 saturated carbocycles. The number of anilines is 1. The second-order valence-corrected chi connectivity index (χ2v) is 10.5. The van der Waals surface area contributed by atoms with Crippen LogP contribution in [0, 0.1) is 0 Å². The molecule has 3 heterocycles. The predicted octanol–water partition coefficient (Wildman–Crippen LogP) is 0.391. The van der Waals surface area contributed by atoms with Gasteiger partial charge in [0.15, 0.2) is 17.7 Å². The van der Waals surface area contributed by atoms with Gasteiger partial charge in [-0.2, -0.15) is 0 Å². The van der Waals surface area contributed by atoms with Crippen LogP contribution in [-0.4, -0.2) is 96.4 Å². The topological polar surface area (TPSA) is 226 Å². The first-order valence-electron chi connectivity index (χ1n) is 11.7. The van der Waals surface area contributed by atoms with Crippen LogP contribution in [0.5, 0.6) is 0 Å². The summed E-state index contributed by atoms with van der Waals surface area (Å²) >= 11 is 2.48. The number of nitrogens with two attached hydrogens (primary N) is 2. The molecule has 2 aliphatic rings. The highest BCUT2D eigenvalue weighted by Gasteiger charge is 2.54. The second-order valence-electron chi connectivity index (χ2n) is 8.46. The first-order chi connectivity index (χ1) is 18.5. The summed E-state index contributed by atoms with van der Waals surface area (Å²) in [5, 5.41) is 4.11. The van der Waals surface area contributed by atoms with Crippen molar-refractivity contribution >= 4 is 70.1 Å². The minimum absolute atomic E-state index is 0. The molecule has 0 unspecified atom stereocenters. The standard InChI is InChI=1S/C23H31N5O9S2.ClH.H2O/c1-5-6-13(14-9-39-21(24)26-14)17(29)27-15-18(30)28-16(12(7-36-22(25)32)8-38-19(15)28)20(31)37-11-35-10-23(2,33-3)34-4;;/h6,9,15,19H,5,7-8,10-11H2,1-4H3,(H2,24,26)(H2,25,32)(H,27,29);1H;1H2/b13-6-;;/t15-,19-;;/m1../s1. The van der Waals surface area contributed by atoms with Crippen molar-refractivity contribution in [2.75, 3.05) is 45.7 Å². The summed E-state index contributed by atoms with van der Waals surface area (Å²) < 4.78 is 25.8. The van der Waals surface area contributed by atoms with Crippen LogP contribution in [0.15, 0.2) is 22.7 Å². The minimum atomic E-state index is -1.05. The van der Waals surface area contributed by atoms with E-state index in [4.69, 9.17) is 35.2 Å². The quantitative estimate of drug-likeness (QED) is 0.0875. The van der Waals surface area contributed by atoms with Gasteiger partial charge in [0.1, 0.15) is 30.3 Å². The van der Waals surface area contributed by atoms with Crippen LogP contribution >= 0.6 is 35.5 Å².